The van der Waals surface area contributed by atoms with E-state index < -0.39 is 31.4 Å². The summed E-state index contributed by atoms with van der Waals surface area (Å²) < 4.78 is 16.0. The SMILES string of the molecule is O=C([O-])CCP(=O)(O)[C@H]1COC(=O)C1. The van der Waals surface area contributed by atoms with Gasteiger partial charge in [0.05, 0.1) is 12.1 Å². The van der Waals surface area contributed by atoms with Crippen LogP contribution in [0.1, 0.15) is 12.8 Å². The van der Waals surface area contributed by atoms with Crippen molar-refractivity contribution in [2.45, 2.75) is 18.5 Å². The van der Waals surface area contributed by atoms with Crippen LogP contribution in [0.4, 0.5) is 0 Å². The zero-order chi connectivity index (χ0) is 10.8. The molecular weight excluding hydrogens is 211 g/mol. The summed E-state index contributed by atoms with van der Waals surface area (Å²) in [4.78, 5) is 30.2. The summed E-state index contributed by atoms with van der Waals surface area (Å²) in [5.74, 6) is -1.89. The molecule has 14 heavy (non-hydrogen) atoms. The number of rotatable bonds is 4. The summed E-state index contributed by atoms with van der Waals surface area (Å²) >= 11 is 0. The first kappa shape index (κ1) is 11.2. The Morgan fingerprint density at radius 2 is 2.36 bits per heavy atom. The smallest absolute Gasteiger partial charge is 0.306 e. The third kappa shape index (κ3) is 2.82. The molecule has 0 aromatic rings. The van der Waals surface area contributed by atoms with Gasteiger partial charge in [0, 0.05) is 12.1 Å². The van der Waals surface area contributed by atoms with Gasteiger partial charge in [-0.05, 0) is 6.42 Å². The molecule has 0 bridgehead atoms. The Balaban J connectivity index is 2.52. The molecule has 80 valence electrons. The van der Waals surface area contributed by atoms with E-state index in [0.717, 1.165) is 0 Å². The van der Waals surface area contributed by atoms with E-state index in [9.17, 15) is 24.2 Å². The second-order valence-corrected chi connectivity index (χ2v) is 5.83. The molecule has 1 aliphatic rings. The van der Waals surface area contributed by atoms with E-state index in [1.807, 2.05) is 0 Å². The Bertz CT molecular complexity index is 299. The lowest BCUT2D eigenvalue weighted by Gasteiger charge is -2.15. The van der Waals surface area contributed by atoms with E-state index in [-0.39, 0.29) is 19.2 Å². The maximum absolute atomic E-state index is 11.5. The number of ether oxygens (including phenoxy) is 1. The maximum Gasteiger partial charge on any atom is 0.306 e. The van der Waals surface area contributed by atoms with Gasteiger partial charge in [-0.2, -0.15) is 0 Å². The Kier molecular flexibility index (Phi) is 3.29. The van der Waals surface area contributed by atoms with Crippen LogP contribution in [0.5, 0.6) is 0 Å². The Labute approximate surface area is 80.3 Å². The highest BCUT2D eigenvalue weighted by atomic mass is 31.2. The van der Waals surface area contributed by atoms with Gasteiger partial charge in [0.15, 0.2) is 0 Å². The summed E-state index contributed by atoms with van der Waals surface area (Å²) in [6.07, 6.45) is -0.948. The Morgan fingerprint density at radius 3 is 2.79 bits per heavy atom. The van der Waals surface area contributed by atoms with Gasteiger partial charge in [-0.3, -0.25) is 9.36 Å². The van der Waals surface area contributed by atoms with Crippen LogP contribution in [0.3, 0.4) is 0 Å². The second-order valence-electron chi connectivity index (χ2n) is 3.14. The number of carbonyl (C=O) groups excluding carboxylic acids is 2. The van der Waals surface area contributed by atoms with Crippen molar-refractivity contribution < 1.29 is 28.9 Å². The van der Waals surface area contributed by atoms with Crippen LogP contribution in [-0.4, -0.2) is 35.3 Å². The molecule has 0 amide bonds. The van der Waals surface area contributed by atoms with Crippen molar-refractivity contribution in [3.8, 4) is 0 Å². The predicted molar refractivity (Wildman–Crippen MR) is 43.7 cm³/mol. The summed E-state index contributed by atoms with van der Waals surface area (Å²) in [5.41, 5.74) is -0.755. The number of hydrogen-bond donors (Lipinski definition) is 1. The second kappa shape index (κ2) is 4.11. The molecule has 1 N–H and O–H groups in total. The van der Waals surface area contributed by atoms with Crippen molar-refractivity contribution in [3.63, 3.8) is 0 Å². The maximum atomic E-state index is 11.5. The van der Waals surface area contributed by atoms with E-state index in [4.69, 9.17) is 0 Å². The van der Waals surface area contributed by atoms with E-state index in [0.29, 0.717) is 0 Å². The van der Waals surface area contributed by atoms with Crippen LogP contribution in [0, 0.1) is 0 Å². The van der Waals surface area contributed by atoms with E-state index in [1.54, 1.807) is 0 Å². The standard InChI is InChI=1S/C7H11O6P/c8-6(9)1-2-14(11,12)5-3-7(10)13-4-5/h5H,1-4H2,(H,8,9)(H,11,12)/p-1/t5-/m1/s1. The third-order valence-electron chi connectivity index (χ3n) is 2.05. The van der Waals surface area contributed by atoms with Crippen molar-refractivity contribution in [2.75, 3.05) is 12.8 Å². The molecule has 0 aromatic heterocycles. The number of hydrogen-bond acceptors (Lipinski definition) is 5. The van der Waals surface area contributed by atoms with Crippen molar-refractivity contribution in [3.05, 3.63) is 0 Å². The van der Waals surface area contributed by atoms with Crippen LogP contribution < -0.4 is 5.11 Å². The predicted octanol–water partition coefficient (Wildman–Crippen LogP) is -1.29. The highest BCUT2D eigenvalue weighted by molar-refractivity contribution is 7.58. The molecule has 0 saturated carbocycles. The summed E-state index contributed by atoms with van der Waals surface area (Å²) in [6.45, 7) is -0.0976. The number of esters is 1. The fourth-order valence-corrected chi connectivity index (χ4v) is 2.80. The first-order valence-corrected chi connectivity index (χ1v) is 6.00. The van der Waals surface area contributed by atoms with Gasteiger partial charge in [-0.25, -0.2) is 0 Å². The topological polar surface area (TPSA) is 104 Å². The third-order valence-corrected chi connectivity index (χ3v) is 4.38. The summed E-state index contributed by atoms with van der Waals surface area (Å²) in [5, 5.41) is 10.1. The lowest BCUT2D eigenvalue weighted by atomic mass is 10.4. The van der Waals surface area contributed by atoms with Gasteiger partial charge in [-0.1, -0.05) is 0 Å². The first-order valence-electron chi connectivity index (χ1n) is 4.09. The number of carboxylic acids is 1. The van der Waals surface area contributed by atoms with Gasteiger partial charge in [0.2, 0.25) is 7.37 Å². The molecule has 0 aromatic carbocycles. The van der Waals surface area contributed by atoms with Gasteiger partial charge in [0.25, 0.3) is 0 Å². The quantitative estimate of drug-likeness (QED) is 0.468. The van der Waals surface area contributed by atoms with Crippen LogP contribution in [-0.2, 0) is 18.9 Å². The summed E-state index contributed by atoms with van der Waals surface area (Å²) in [6, 6.07) is 0. The largest absolute Gasteiger partial charge is 0.550 e. The average molecular weight is 221 g/mol. The molecule has 1 heterocycles. The van der Waals surface area contributed by atoms with E-state index >= 15 is 0 Å². The van der Waals surface area contributed by atoms with E-state index in [1.165, 1.54) is 0 Å². The molecular formula is C7H10O6P-. The molecule has 0 radical (unpaired) electrons. The van der Waals surface area contributed by atoms with Crippen molar-refractivity contribution in [1.29, 1.82) is 0 Å². The normalized spacial score (nSPS) is 25.5. The molecule has 1 rings (SSSR count). The van der Waals surface area contributed by atoms with Gasteiger partial charge >= 0.3 is 5.97 Å². The molecule has 2 atom stereocenters. The molecule has 0 aliphatic carbocycles. The minimum atomic E-state index is -3.60. The first-order chi connectivity index (χ1) is 6.42. The monoisotopic (exact) mass is 221 g/mol. The molecule has 1 saturated heterocycles. The molecule has 6 nitrogen and oxygen atoms in total. The number of carbonyl (C=O) groups is 2. The summed E-state index contributed by atoms with van der Waals surface area (Å²) in [7, 11) is -3.60. The Morgan fingerprint density at radius 1 is 1.71 bits per heavy atom. The number of carboxylic acid groups (broad SMARTS) is 1. The van der Waals surface area contributed by atoms with Crippen LogP contribution in [0.2, 0.25) is 0 Å². The fraction of sp³-hybridized carbons (Fsp3) is 0.714. The van der Waals surface area contributed by atoms with Crippen molar-refractivity contribution in [1.82, 2.24) is 0 Å². The van der Waals surface area contributed by atoms with Crippen molar-refractivity contribution >= 4 is 19.3 Å². The Hall–Kier alpha value is -0.870. The molecule has 1 unspecified atom stereocenters. The van der Waals surface area contributed by atoms with E-state index in [2.05, 4.69) is 4.74 Å². The highest BCUT2D eigenvalue weighted by Gasteiger charge is 2.37. The number of cyclic esters (lactones) is 1. The minimum absolute atomic E-state index is 0.0976. The lowest BCUT2D eigenvalue weighted by Crippen LogP contribution is -2.24. The molecule has 7 heteroatoms. The fourth-order valence-electron chi connectivity index (χ4n) is 1.19. The van der Waals surface area contributed by atoms with Gasteiger partial charge in [-0.15, -0.1) is 0 Å². The lowest BCUT2D eigenvalue weighted by molar-refractivity contribution is -0.305. The minimum Gasteiger partial charge on any atom is -0.550 e. The van der Waals surface area contributed by atoms with Crippen molar-refractivity contribution in [2.24, 2.45) is 0 Å². The zero-order valence-corrected chi connectivity index (χ0v) is 8.24. The van der Waals surface area contributed by atoms with Crippen LogP contribution in [0.25, 0.3) is 0 Å². The molecule has 0 spiro atoms. The molecule has 1 fully saturated rings. The van der Waals surface area contributed by atoms with Gasteiger partial charge < -0.3 is 19.5 Å². The van der Waals surface area contributed by atoms with Gasteiger partial charge in [0.1, 0.15) is 6.61 Å². The van der Waals surface area contributed by atoms with Crippen LogP contribution in [0.15, 0.2) is 0 Å². The average Bonchev–Trinajstić information content (AvgIpc) is 2.49. The zero-order valence-electron chi connectivity index (χ0n) is 7.34. The highest BCUT2D eigenvalue weighted by Crippen LogP contribution is 2.49. The number of aliphatic carboxylic acids is 1. The molecule has 1 aliphatic heterocycles. The van der Waals surface area contributed by atoms with Crippen LogP contribution >= 0.6 is 7.37 Å².